The highest BCUT2D eigenvalue weighted by Crippen LogP contribution is 2.42. The van der Waals surface area contributed by atoms with Gasteiger partial charge in [-0.1, -0.05) is 12.8 Å². The van der Waals surface area contributed by atoms with Gasteiger partial charge in [0.15, 0.2) is 0 Å². The van der Waals surface area contributed by atoms with E-state index in [0.29, 0.717) is 25.9 Å². The first-order chi connectivity index (χ1) is 12.9. The summed E-state index contributed by atoms with van der Waals surface area (Å²) in [7, 11) is 0. The van der Waals surface area contributed by atoms with Gasteiger partial charge in [0.1, 0.15) is 5.38 Å². The monoisotopic (exact) mass is 409 g/mol. The van der Waals surface area contributed by atoms with Crippen molar-refractivity contribution in [1.82, 2.24) is 26.2 Å². The van der Waals surface area contributed by atoms with Crippen molar-refractivity contribution >= 4 is 17.5 Å². The number of rotatable bonds is 2. The number of carbonyl (C=O) groups is 1. The summed E-state index contributed by atoms with van der Waals surface area (Å²) in [5, 5.41) is 1.32. The fraction of sp³-hybridized carbons (Fsp3) is 0.941. The lowest BCUT2D eigenvalue weighted by Gasteiger charge is -2.46. The van der Waals surface area contributed by atoms with Crippen molar-refractivity contribution in [2.24, 2.45) is 11.8 Å². The number of hydrazine groups is 2. The molecule has 4 rings (SSSR count). The average Bonchev–Trinajstić information content (AvgIpc) is 3.06. The number of halogens is 4. The molecule has 1 saturated carbocycles. The summed E-state index contributed by atoms with van der Waals surface area (Å²) in [6.45, 7) is 2.75. The summed E-state index contributed by atoms with van der Waals surface area (Å²) in [6.07, 6.45) is -1.01. The molecule has 6 nitrogen and oxygen atoms in total. The van der Waals surface area contributed by atoms with E-state index in [0.717, 1.165) is 25.9 Å². The second kappa shape index (κ2) is 7.67. The van der Waals surface area contributed by atoms with Gasteiger partial charge >= 0.3 is 6.18 Å². The number of hydrogen-bond donors (Lipinski definition) is 3. The van der Waals surface area contributed by atoms with Crippen LogP contribution in [0.2, 0.25) is 0 Å². The average molecular weight is 410 g/mol. The third-order valence-corrected chi connectivity index (χ3v) is 7.19. The molecule has 154 valence electrons. The fourth-order valence-corrected chi connectivity index (χ4v) is 5.65. The van der Waals surface area contributed by atoms with Gasteiger partial charge in [-0.25, -0.2) is 10.4 Å². The second-order valence-electron chi connectivity index (χ2n) is 8.22. The van der Waals surface area contributed by atoms with E-state index < -0.39 is 23.5 Å². The smallest absolute Gasteiger partial charge is 0.297 e. The van der Waals surface area contributed by atoms with Gasteiger partial charge in [-0.2, -0.15) is 13.2 Å². The Morgan fingerprint density at radius 3 is 2.59 bits per heavy atom. The molecule has 6 unspecified atom stereocenters. The number of fused-ring (bicyclic) bond motifs is 1. The molecule has 3 aliphatic heterocycles. The third kappa shape index (κ3) is 3.81. The van der Waals surface area contributed by atoms with Crippen LogP contribution in [-0.2, 0) is 4.79 Å². The molecule has 4 aliphatic rings. The number of alkyl halides is 4. The maximum Gasteiger partial charge on any atom is 0.393 e. The van der Waals surface area contributed by atoms with Crippen molar-refractivity contribution in [3.05, 3.63) is 0 Å². The largest absolute Gasteiger partial charge is 0.393 e. The molecule has 3 saturated heterocycles. The summed E-state index contributed by atoms with van der Waals surface area (Å²) >= 11 is 6.28. The lowest BCUT2D eigenvalue weighted by atomic mass is 9.82. The Balaban J connectivity index is 1.43. The van der Waals surface area contributed by atoms with Crippen molar-refractivity contribution in [3.63, 3.8) is 0 Å². The number of nitrogens with one attached hydrogen (secondary N) is 3. The summed E-state index contributed by atoms with van der Waals surface area (Å²) in [5.74, 6) is -1.21. The Kier molecular flexibility index (Phi) is 5.59. The Morgan fingerprint density at radius 1 is 1.04 bits per heavy atom. The highest BCUT2D eigenvalue weighted by Gasteiger charge is 2.52. The van der Waals surface area contributed by atoms with Gasteiger partial charge in [-0.15, -0.1) is 11.6 Å². The molecule has 0 radical (unpaired) electrons. The number of likely N-dealkylation sites (tertiary alicyclic amines) is 1. The van der Waals surface area contributed by atoms with Crippen LogP contribution in [-0.4, -0.2) is 71.7 Å². The molecule has 1 amide bonds. The normalized spacial score (nSPS) is 42.0. The van der Waals surface area contributed by atoms with Gasteiger partial charge in [-0.3, -0.25) is 20.5 Å². The lowest BCUT2D eigenvalue weighted by Crippen LogP contribution is -2.64. The zero-order valence-electron chi connectivity index (χ0n) is 15.1. The zero-order chi connectivity index (χ0) is 19.2. The van der Waals surface area contributed by atoms with E-state index in [1.807, 2.05) is 5.01 Å². The maximum atomic E-state index is 13.5. The van der Waals surface area contributed by atoms with Gasteiger partial charge < -0.3 is 0 Å². The van der Waals surface area contributed by atoms with Crippen molar-refractivity contribution in [2.45, 2.75) is 61.8 Å². The van der Waals surface area contributed by atoms with Crippen molar-refractivity contribution in [2.75, 3.05) is 26.2 Å². The van der Waals surface area contributed by atoms with Gasteiger partial charge in [-0.05, 0) is 19.3 Å². The molecule has 10 heteroatoms. The Hall–Kier alpha value is -0.610. The number of piperidine rings is 1. The molecule has 0 aromatic carbocycles. The topological polar surface area (TPSA) is 59.6 Å². The maximum absolute atomic E-state index is 13.5. The summed E-state index contributed by atoms with van der Waals surface area (Å²) < 4.78 is 40.6. The minimum absolute atomic E-state index is 0.0898. The minimum Gasteiger partial charge on any atom is -0.297 e. The Morgan fingerprint density at radius 2 is 1.81 bits per heavy atom. The standard InChI is InChI=1S/C17H27ClF3N5O/c18-15-14(8-22-24-16(15)27)25-6-5-12-10(9-25)7-23-26(12)13-4-2-1-3-11(13)17(19,20)21/h10-15,22-23H,1-9H2,(H,24,27). The van der Waals surface area contributed by atoms with Crippen LogP contribution in [0.15, 0.2) is 0 Å². The van der Waals surface area contributed by atoms with Crippen LogP contribution in [0, 0.1) is 11.8 Å². The molecule has 3 N–H and O–H groups in total. The number of amides is 1. The van der Waals surface area contributed by atoms with Gasteiger partial charge in [0.2, 0.25) is 0 Å². The summed E-state index contributed by atoms with van der Waals surface area (Å²) in [5.41, 5.74) is 8.71. The number of carbonyl (C=O) groups excluding carboxylic acids is 1. The van der Waals surface area contributed by atoms with Crippen LogP contribution < -0.4 is 16.3 Å². The molecule has 0 aromatic rings. The molecule has 0 spiro atoms. The number of hydrogen-bond acceptors (Lipinski definition) is 5. The van der Waals surface area contributed by atoms with Crippen molar-refractivity contribution in [1.29, 1.82) is 0 Å². The molecule has 27 heavy (non-hydrogen) atoms. The molecule has 6 atom stereocenters. The third-order valence-electron chi connectivity index (χ3n) is 6.71. The second-order valence-corrected chi connectivity index (χ2v) is 8.69. The molecule has 4 fully saturated rings. The van der Waals surface area contributed by atoms with E-state index in [1.54, 1.807) is 0 Å². The van der Waals surface area contributed by atoms with Crippen LogP contribution in [0.1, 0.15) is 32.1 Å². The van der Waals surface area contributed by atoms with E-state index >= 15 is 0 Å². The molecule has 1 aliphatic carbocycles. The Bertz CT molecular complexity index is 565. The van der Waals surface area contributed by atoms with Crippen molar-refractivity contribution < 1.29 is 18.0 Å². The molecule has 0 aromatic heterocycles. The van der Waals surface area contributed by atoms with Crippen LogP contribution in [0.4, 0.5) is 13.2 Å². The van der Waals surface area contributed by atoms with Crippen LogP contribution in [0.3, 0.4) is 0 Å². The van der Waals surface area contributed by atoms with E-state index in [9.17, 15) is 18.0 Å². The van der Waals surface area contributed by atoms with E-state index in [2.05, 4.69) is 21.2 Å². The first-order valence-electron chi connectivity index (χ1n) is 9.85. The van der Waals surface area contributed by atoms with E-state index in [-0.39, 0.29) is 30.3 Å². The van der Waals surface area contributed by atoms with Crippen LogP contribution >= 0.6 is 11.6 Å². The molecular formula is C17H27ClF3N5O. The zero-order valence-corrected chi connectivity index (χ0v) is 15.9. The molecular weight excluding hydrogens is 383 g/mol. The fourth-order valence-electron chi connectivity index (χ4n) is 5.35. The van der Waals surface area contributed by atoms with Gasteiger partial charge in [0.25, 0.3) is 5.91 Å². The summed E-state index contributed by atoms with van der Waals surface area (Å²) in [4.78, 5) is 14.0. The van der Waals surface area contributed by atoms with Crippen LogP contribution in [0.5, 0.6) is 0 Å². The van der Waals surface area contributed by atoms with Gasteiger partial charge in [0, 0.05) is 50.2 Å². The number of nitrogens with zero attached hydrogens (tertiary/aromatic N) is 2. The van der Waals surface area contributed by atoms with E-state index in [1.165, 1.54) is 0 Å². The predicted molar refractivity (Wildman–Crippen MR) is 94.7 cm³/mol. The summed E-state index contributed by atoms with van der Waals surface area (Å²) in [6, 6.07) is -0.440. The SMILES string of the molecule is O=C1NNCC(N2CCC3C(CNN3C3CCCCC3C(F)(F)F)C2)C1Cl. The van der Waals surface area contributed by atoms with Crippen LogP contribution in [0.25, 0.3) is 0 Å². The lowest BCUT2D eigenvalue weighted by molar-refractivity contribution is -0.204. The Labute approximate surface area is 162 Å². The molecule has 0 bridgehead atoms. The van der Waals surface area contributed by atoms with Crippen molar-refractivity contribution in [3.8, 4) is 0 Å². The first-order valence-corrected chi connectivity index (χ1v) is 10.3. The predicted octanol–water partition coefficient (Wildman–Crippen LogP) is 1.23. The molecule has 3 heterocycles. The van der Waals surface area contributed by atoms with Gasteiger partial charge in [0.05, 0.1) is 5.92 Å². The highest BCUT2D eigenvalue weighted by molar-refractivity contribution is 6.31. The highest BCUT2D eigenvalue weighted by atomic mass is 35.5. The minimum atomic E-state index is -4.14. The van der Waals surface area contributed by atoms with E-state index in [4.69, 9.17) is 11.6 Å². The quantitative estimate of drug-likeness (QED) is 0.599. The first kappa shape index (κ1) is 19.7.